The summed E-state index contributed by atoms with van der Waals surface area (Å²) in [5.74, 6) is 0.310. The topological polar surface area (TPSA) is 52.0 Å². The molecule has 2 aromatic rings. The van der Waals surface area contributed by atoms with Crippen LogP contribution >= 0.6 is 7.04 Å². The summed E-state index contributed by atoms with van der Waals surface area (Å²) < 4.78 is 0. The van der Waals surface area contributed by atoms with E-state index in [1.807, 2.05) is 18.2 Å². The van der Waals surface area contributed by atoms with Gasteiger partial charge in [0.05, 0.1) is 0 Å². The van der Waals surface area contributed by atoms with Crippen LogP contribution in [-0.2, 0) is 0 Å². The van der Waals surface area contributed by atoms with Gasteiger partial charge >= 0.3 is 0 Å². The van der Waals surface area contributed by atoms with Crippen molar-refractivity contribution < 1.29 is 0 Å². The SMILES string of the molecule is C=P(N)(c1cc#ccc1)C1C=CC(c2ccc(B(N)C3=CCCC=C3)cc2)=CC1C. The lowest BCUT2D eigenvalue weighted by Gasteiger charge is -2.33. The van der Waals surface area contributed by atoms with E-state index < -0.39 is 7.04 Å². The van der Waals surface area contributed by atoms with E-state index >= 15 is 0 Å². The molecule has 0 aliphatic heterocycles. The van der Waals surface area contributed by atoms with Gasteiger partial charge in [0.2, 0.25) is 0 Å². The third-order valence-corrected chi connectivity index (χ3v) is 9.04. The van der Waals surface area contributed by atoms with Gasteiger partial charge in [-0.25, -0.2) is 0 Å². The van der Waals surface area contributed by atoms with Gasteiger partial charge in [0.1, 0.15) is 0 Å². The molecule has 0 fully saturated rings. The maximum absolute atomic E-state index is 6.77. The fourth-order valence-corrected chi connectivity index (χ4v) is 6.61. The molecule has 0 saturated carbocycles. The summed E-state index contributed by atoms with van der Waals surface area (Å²) in [6.07, 6.45) is 20.0. The molecule has 3 atom stereocenters. The van der Waals surface area contributed by atoms with Crippen molar-refractivity contribution in [1.29, 1.82) is 0 Å². The van der Waals surface area contributed by atoms with Crippen LogP contribution in [0.3, 0.4) is 0 Å². The Bertz CT molecular complexity index is 1060. The highest BCUT2D eigenvalue weighted by Crippen LogP contribution is 2.47. The van der Waals surface area contributed by atoms with Crippen molar-refractivity contribution in [2.75, 3.05) is 0 Å². The quantitative estimate of drug-likeness (QED) is 0.581. The Kier molecular flexibility index (Phi) is 6.03. The number of hydrogen-bond donors (Lipinski definition) is 2. The number of allylic oxidation sites excluding steroid dienone is 8. The molecule has 2 aliphatic carbocycles. The van der Waals surface area contributed by atoms with Gasteiger partial charge in [-0.05, 0) is 60.4 Å². The van der Waals surface area contributed by atoms with E-state index in [9.17, 15) is 0 Å². The first-order valence-corrected chi connectivity index (χ1v) is 12.6. The molecule has 0 bridgehead atoms. The molecule has 0 aromatic heterocycles. The van der Waals surface area contributed by atoms with Crippen LogP contribution < -0.4 is 21.9 Å². The van der Waals surface area contributed by atoms with E-state index in [0.29, 0.717) is 5.92 Å². The van der Waals surface area contributed by atoms with Crippen LogP contribution in [0.2, 0.25) is 0 Å². The Morgan fingerprint density at radius 1 is 1.10 bits per heavy atom. The van der Waals surface area contributed by atoms with E-state index in [2.05, 4.69) is 86.1 Å². The van der Waals surface area contributed by atoms with E-state index in [-0.39, 0.29) is 12.5 Å². The molecule has 2 nitrogen and oxygen atoms in total. The summed E-state index contributed by atoms with van der Waals surface area (Å²) in [5, 5.41) is 1.09. The Balaban J connectivity index is 1.52. The molecular weight excluding hydrogens is 382 g/mol. The summed E-state index contributed by atoms with van der Waals surface area (Å²) in [6.45, 7) is 2.16. The maximum atomic E-state index is 6.77. The van der Waals surface area contributed by atoms with Crippen molar-refractivity contribution >= 4 is 36.5 Å². The maximum Gasteiger partial charge on any atom is 0.286 e. The van der Waals surface area contributed by atoms with Crippen LogP contribution in [0.15, 0.2) is 84.4 Å². The second kappa shape index (κ2) is 8.70. The normalized spacial score (nSPS) is 22.5. The summed E-state index contributed by atoms with van der Waals surface area (Å²) in [6, 6.07) is 20.4. The van der Waals surface area contributed by atoms with E-state index in [1.165, 1.54) is 16.6 Å². The van der Waals surface area contributed by atoms with Crippen molar-refractivity contribution in [3.63, 3.8) is 0 Å². The van der Waals surface area contributed by atoms with Crippen molar-refractivity contribution in [3.8, 4) is 0 Å². The van der Waals surface area contributed by atoms with Crippen molar-refractivity contribution in [3.05, 3.63) is 102 Å². The first-order valence-electron chi connectivity index (χ1n) is 10.5. The molecule has 0 spiro atoms. The standard InChI is InChI=1S/C26H28BN2P/c1-20-19-22(15-18-26(20)30(2,29)25-11-7-4-8-12-25)21-13-16-24(17-14-21)27(28)23-9-5-3-6-10-23/h5,7,9-20,26H,2-3,6,28-29H2,1H3. The van der Waals surface area contributed by atoms with Gasteiger partial charge in [-0.2, -0.15) is 0 Å². The zero-order valence-corrected chi connectivity index (χ0v) is 18.4. The average Bonchev–Trinajstić information content (AvgIpc) is 2.79. The molecular formula is C26H28BN2P. The van der Waals surface area contributed by atoms with E-state index in [1.54, 1.807) is 0 Å². The highest BCUT2D eigenvalue weighted by molar-refractivity contribution is 7.79. The minimum atomic E-state index is -2.04. The fraction of sp³-hybridized carbons (Fsp3) is 0.192. The van der Waals surface area contributed by atoms with Gasteiger partial charge in [-0.1, -0.05) is 97.0 Å². The second-order valence-electron chi connectivity index (χ2n) is 8.24. The molecule has 2 aliphatic rings. The lowest BCUT2D eigenvalue weighted by atomic mass is 9.50. The van der Waals surface area contributed by atoms with Crippen molar-refractivity contribution in [2.45, 2.75) is 25.4 Å². The van der Waals surface area contributed by atoms with Gasteiger partial charge in [0.15, 0.2) is 0 Å². The summed E-state index contributed by atoms with van der Waals surface area (Å²) in [4.78, 5) is 0. The lowest BCUT2D eigenvalue weighted by molar-refractivity contribution is 0.747. The molecule has 150 valence electrons. The minimum absolute atomic E-state index is 0.0662. The van der Waals surface area contributed by atoms with Crippen LogP contribution in [0, 0.1) is 18.1 Å². The second-order valence-corrected chi connectivity index (χ2v) is 11.2. The molecule has 4 N–H and O–H groups in total. The molecule has 4 heteroatoms. The molecule has 0 saturated heterocycles. The van der Waals surface area contributed by atoms with Gasteiger partial charge in [0.25, 0.3) is 6.85 Å². The monoisotopic (exact) mass is 410 g/mol. The third-order valence-electron chi connectivity index (χ3n) is 6.09. The van der Waals surface area contributed by atoms with Crippen LogP contribution in [0.1, 0.15) is 25.3 Å². The molecule has 3 unspecified atom stereocenters. The Morgan fingerprint density at radius 3 is 2.53 bits per heavy atom. The molecule has 30 heavy (non-hydrogen) atoms. The highest BCUT2D eigenvalue weighted by atomic mass is 31.2. The average molecular weight is 410 g/mol. The number of rotatable bonds is 5. The van der Waals surface area contributed by atoms with Gasteiger partial charge in [0, 0.05) is 5.66 Å². The summed E-state index contributed by atoms with van der Waals surface area (Å²) >= 11 is 0. The van der Waals surface area contributed by atoms with E-state index in [0.717, 1.165) is 23.6 Å². The summed E-state index contributed by atoms with van der Waals surface area (Å²) in [7, 11) is -2.04. The Hall–Kier alpha value is -2.50. The third kappa shape index (κ3) is 4.18. The van der Waals surface area contributed by atoms with Gasteiger partial charge in [-0.3, -0.25) is 0 Å². The molecule has 2 aromatic carbocycles. The molecule has 0 heterocycles. The molecule has 4 rings (SSSR count). The van der Waals surface area contributed by atoms with Gasteiger partial charge in [-0.15, -0.1) is 0 Å². The van der Waals surface area contributed by atoms with Crippen molar-refractivity contribution in [1.82, 2.24) is 0 Å². The first kappa shape index (κ1) is 20.8. The zero-order chi connectivity index (χ0) is 21.1. The predicted octanol–water partition coefficient (Wildman–Crippen LogP) is 3.87. The molecule has 0 radical (unpaired) electrons. The number of nitrogens with two attached hydrogens (primary N) is 2. The highest BCUT2D eigenvalue weighted by Gasteiger charge is 2.28. The minimum Gasteiger partial charge on any atom is -0.362 e. The fourth-order valence-electron chi connectivity index (χ4n) is 4.29. The zero-order valence-electron chi connectivity index (χ0n) is 17.5. The van der Waals surface area contributed by atoms with Gasteiger partial charge < -0.3 is 11.1 Å². The van der Waals surface area contributed by atoms with Crippen molar-refractivity contribution in [2.24, 2.45) is 17.1 Å². The predicted molar refractivity (Wildman–Crippen MR) is 135 cm³/mol. The van der Waals surface area contributed by atoms with Crippen LogP contribution in [0.4, 0.5) is 0 Å². The Labute approximate surface area is 181 Å². The van der Waals surface area contributed by atoms with Crippen LogP contribution in [0.25, 0.3) is 5.57 Å². The van der Waals surface area contributed by atoms with Crippen LogP contribution in [-0.4, -0.2) is 18.8 Å². The largest absolute Gasteiger partial charge is 0.362 e. The summed E-state index contributed by atoms with van der Waals surface area (Å²) in [5.41, 5.74) is 18.2. The molecule has 0 amide bonds. The smallest absolute Gasteiger partial charge is 0.286 e. The lowest BCUT2D eigenvalue weighted by Crippen LogP contribution is -2.41. The Morgan fingerprint density at radius 2 is 1.90 bits per heavy atom. The van der Waals surface area contributed by atoms with E-state index in [4.69, 9.17) is 11.1 Å². The first-order chi connectivity index (χ1) is 14.5. The number of hydrogen-bond acceptors (Lipinski definition) is 2. The van der Waals surface area contributed by atoms with Crippen LogP contribution in [0.5, 0.6) is 0 Å². The number of benzene rings is 1.